The average Bonchev–Trinajstić information content (AvgIpc) is 0.991. The Morgan fingerprint density at radius 2 is 0.693 bits per heavy atom. The summed E-state index contributed by atoms with van der Waals surface area (Å²) in [6.07, 6.45) is 20.3. The van der Waals surface area contributed by atoms with Crippen molar-refractivity contribution in [1.29, 1.82) is 0 Å². The number of nitrogens with one attached hydrogen (secondary N) is 9. The van der Waals surface area contributed by atoms with Gasteiger partial charge in [0.15, 0.2) is 6.29 Å². The standard InChI is InChI=1S/C30H46N6O5.C29H42N6O4.C24H34N6O4/c1-20(2)14-27(29(38)39)32-16-24-8-6-23(7-9-24)15-31-26-10-12-36(13-11-26)30-33-17-25(18-34-30)28(37)35-41-22(5)40-19-21(3)4;1-20(2)15-26(28(37)39-25-5-3-4-6-25)31-17-22-9-7-21(8-10-22)16-30-24-11-13-35(14-12-24)29-32-18-23(19-33-29)27(36)34-38;1-16(2)11-21(23(32)33)26-13-18-5-3-17(4-6-18)12-25-20-7-9-30(10-8-20)24-27-14-19(15-28-24)22(31)29-34/h6-9,17-18,20-22,26-27,31-32H,10-16,19H2,1-5H3,(H,35,37)(H,38,39);7-10,18-20,24-26,30-31,38H,3-6,11-17H2,1-2H3,(H,34,36);3-6,14-16,20-21,25-26,34H,7-13H2,1-2H3,(H,29,31)(H,32,33)/t22?,27-;26-;21-/m000/s1. The third-order valence-corrected chi connectivity index (χ3v) is 20.3. The van der Waals surface area contributed by atoms with E-state index in [0.717, 1.165) is 146 Å². The summed E-state index contributed by atoms with van der Waals surface area (Å²) in [6, 6.07) is 24.9. The number of aliphatic carboxylic acids is 2. The van der Waals surface area contributed by atoms with E-state index in [0.29, 0.717) is 104 Å². The first-order valence-corrected chi connectivity index (χ1v) is 40.3. The van der Waals surface area contributed by atoms with Crippen LogP contribution < -0.4 is 63.0 Å². The van der Waals surface area contributed by atoms with Crippen LogP contribution in [-0.2, 0) is 68.0 Å². The SMILES string of the molecule is CC(C)COC(C)ONC(=O)c1cnc(N2CCC(NCc3ccc(CN[C@@H](CC(C)C)C(=O)O)cc3)CC2)nc1.CC(C)C[C@H](NCc1ccc(CNC2CCN(c3ncc(C(=O)NO)cn3)CC2)cc1)C(=O)O.CC(C)C[C@H](NCc1ccc(CNC2CCN(c3ncc(C(=O)NO)cn3)CC2)cc1)C(=O)OC1CCCC1. The zero-order valence-corrected chi connectivity index (χ0v) is 67.7. The van der Waals surface area contributed by atoms with Crippen molar-refractivity contribution in [1.82, 2.24) is 78.2 Å². The monoisotopic (exact) mass is 1580 g/mol. The number of hydrogen-bond donors (Lipinski definition) is 13. The van der Waals surface area contributed by atoms with Crippen molar-refractivity contribution in [2.45, 2.75) is 234 Å². The zero-order chi connectivity index (χ0) is 81.9. The van der Waals surface area contributed by atoms with Crippen molar-refractivity contribution in [3.05, 3.63) is 160 Å². The number of nitrogens with zero attached hydrogens (tertiary/aromatic N) is 9. The maximum absolute atomic E-state index is 12.8. The van der Waals surface area contributed by atoms with E-state index >= 15 is 0 Å². The second-order valence-electron chi connectivity index (χ2n) is 31.6. The molecule has 3 saturated heterocycles. The average molecular weight is 1580 g/mol. The highest BCUT2D eigenvalue weighted by molar-refractivity contribution is 5.93. The fraction of sp³-hybridized carbons (Fsp3) is 0.566. The summed E-state index contributed by atoms with van der Waals surface area (Å²) in [7, 11) is 0. The fourth-order valence-corrected chi connectivity index (χ4v) is 13.6. The molecule has 13 N–H and O–H groups in total. The van der Waals surface area contributed by atoms with Crippen LogP contribution >= 0.6 is 0 Å². The van der Waals surface area contributed by atoms with Gasteiger partial charge in [0.1, 0.15) is 24.2 Å². The number of ether oxygens (including phenoxy) is 2. The normalized spacial score (nSPS) is 16.2. The zero-order valence-electron chi connectivity index (χ0n) is 67.7. The first-order chi connectivity index (χ1) is 54.9. The molecule has 10 rings (SSSR count). The molecule has 1 aliphatic carbocycles. The summed E-state index contributed by atoms with van der Waals surface area (Å²) in [4.78, 5) is 108. The number of hydrogen-bond acceptors (Lipinski definition) is 26. The fourth-order valence-electron chi connectivity index (χ4n) is 13.6. The molecule has 6 aromatic rings. The molecule has 4 fully saturated rings. The third-order valence-electron chi connectivity index (χ3n) is 20.3. The molecule has 114 heavy (non-hydrogen) atoms. The summed E-state index contributed by atoms with van der Waals surface area (Å²) >= 11 is 0. The molecule has 31 heteroatoms. The number of carboxylic acids is 2. The number of piperidine rings is 3. The Kier molecular flexibility index (Phi) is 37.6. The van der Waals surface area contributed by atoms with Gasteiger partial charge in [-0.25, -0.2) is 51.2 Å². The molecule has 0 bridgehead atoms. The summed E-state index contributed by atoms with van der Waals surface area (Å²) < 4.78 is 11.3. The first-order valence-electron chi connectivity index (χ1n) is 40.3. The molecule has 3 aliphatic heterocycles. The quantitative estimate of drug-likeness (QED) is 0.00741. The number of carbonyl (C=O) groups is 6. The summed E-state index contributed by atoms with van der Waals surface area (Å²) in [5, 5.41) is 56.8. The molecular weight excluding hydrogens is 1460 g/mol. The van der Waals surface area contributed by atoms with Gasteiger partial charge in [-0.3, -0.25) is 39.2 Å². The second-order valence-corrected chi connectivity index (χ2v) is 31.6. The molecule has 1 saturated carbocycles. The molecule has 3 aromatic heterocycles. The molecule has 1 unspecified atom stereocenters. The van der Waals surface area contributed by atoms with Crippen molar-refractivity contribution in [3.63, 3.8) is 0 Å². The maximum atomic E-state index is 12.8. The molecule has 31 nitrogen and oxygen atoms in total. The number of esters is 1. The van der Waals surface area contributed by atoms with Crippen LogP contribution in [0.4, 0.5) is 17.8 Å². The van der Waals surface area contributed by atoms with Gasteiger partial charge in [0, 0.05) is 134 Å². The van der Waals surface area contributed by atoms with Gasteiger partial charge in [-0.15, -0.1) is 0 Å². The number of rotatable bonds is 39. The minimum atomic E-state index is -0.807. The minimum absolute atomic E-state index is 0.0926. The van der Waals surface area contributed by atoms with Crippen LogP contribution in [0.25, 0.3) is 0 Å². The van der Waals surface area contributed by atoms with Crippen LogP contribution in [0.15, 0.2) is 110 Å². The predicted molar refractivity (Wildman–Crippen MR) is 433 cm³/mol. The van der Waals surface area contributed by atoms with E-state index in [4.69, 9.17) is 24.7 Å². The lowest BCUT2D eigenvalue weighted by molar-refractivity contribution is -0.163. The molecule has 622 valence electrons. The first kappa shape index (κ1) is 90.3. The Hall–Kier alpha value is -9.28. The van der Waals surface area contributed by atoms with Crippen molar-refractivity contribution >= 4 is 53.5 Å². The number of anilines is 3. The van der Waals surface area contributed by atoms with Gasteiger partial charge in [0.25, 0.3) is 17.7 Å². The lowest BCUT2D eigenvalue weighted by atomic mass is 10.0. The smallest absolute Gasteiger partial charge is 0.323 e. The molecule has 0 radical (unpaired) electrons. The number of amides is 3. The number of hydroxylamine groups is 3. The third kappa shape index (κ3) is 31.5. The summed E-state index contributed by atoms with van der Waals surface area (Å²) in [5.74, 6) is -0.186. The largest absolute Gasteiger partial charge is 0.480 e. The Labute approximate surface area is 670 Å². The van der Waals surface area contributed by atoms with E-state index in [-0.39, 0.29) is 29.2 Å². The Morgan fingerprint density at radius 1 is 0.404 bits per heavy atom. The van der Waals surface area contributed by atoms with Crippen LogP contribution in [0, 0.1) is 23.7 Å². The minimum Gasteiger partial charge on any atom is -0.480 e. The highest BCUT2D eigenvalue weighted by atomic mass is 16.8. The van der Waals surface area contributed by atoms with Crippen molar-refractivity contribution in [2.75, 3.05) is 60.6 Å². The number of carboxylic acid groups (broad SMARTS) is 2. The van der Waals surface area contributed by atoms with Crippen LogP contribution in [0.5, 0.6) is 0 Å². The van der Waals surface area contributed by atoms with Crippen molar-refractivity contribution in [3.8, 4) is 0 Å². The van der Waals surface area contributed by atoms with Gasteiger partial charge < -0.3 is 66.3 Å². The lowest BCUT2D eigenvalue weighted by Gasteiger charge is -2.32. The molecule has 6 heterocycles. The Morgan fingerprint density at radius 3 is 0.982 bits per heavy atom. The molecule has 3 amide bonds. The van der Waals surface area contributed by atoms with Gasteiger partial charge in [0.2, 0.25) is 17.8 Å². The Balaban J connectivity index is 0.000000215. The lowest BCUT2D eigenvalue weighted by Crippen LogP contribution is -2.43. The predicted octanol–water partition coefficient (Wildman–Crippen LogP) is 8.79. The number of benzene rings is 3. The van der Waals surface area contributed by atoms with E-state index in [1.165, 1.54) is 53.9 Å². The van der Waals surface area contributed by atoms with Gasteiger partial charge in [-0.05, 0) is 147 Å². The molecule has 3 aromatic carbocycles. The summed E-state index contributed by atoms with van der Waals surface area (Å²) in [5.41, 5.74) is 13.2. The van der Waals surface area contributed by atoms with E-state index in [2.05, 4.69) is 156 Å². The van der Waals surface area contributed by atoms with Gasteiger partial charge in [0.05, 0.1) is 23.3 Å². The number of aromatic nitrogens is 6. The molecule has 0 spiro atoms. The van der Waals surface area contributed by atoms with E-state index < -0.39 is 48.0 Å². The maximum Gasteiger partial charge on any atom is 0.323 e. The highest BCUT2D eigenvalue weighted by Crippen LogP contribution is 2.25. The van der Waals surface area contributed by atoms with Crippen LogP contribution in [0.3, 0.4) is 0 Å². The molecule has 4 aliphatic rings. The van der Waals surface area contributed by atoms with Crippen LogP contribution in [0.2, 0.25) is 0 Å². The van der Waals surface area contributed by atoms with Crippen LogP contribution in [-0.4, -0.2) is 181 Å². The van der Waals surface area contributed by atoms with Gasteiger partial charge in [-0.1, -0.05) is 128 Å². The van der Waals surface area contributed by atoms with Crippen molar-refractivity contribution < 1.29 is 63.7 Å². The van der Waals surface area contributed by atoms with Gasteiger partial charge >= 0.3 is 17.9 Å². The topological polar surface area (TPSA) is 406 Å². The second kappa shape index (κ2) is 47.5. The van der Waals surface area contributed by atoms with Crippen molar-refractivity contribution in [2.24, 2.45) is 23.7 Å². The number of carbonyl (C=O) groups excluding carboxylic acids is 4. The van der Waals surface area contributed by atoms with Crippen LogP contribution in [0.1, 0.15) is 210 Å². The van der Waals surface area contributed by atoms with E-state index in [1.54, 1.807) is 17.9 Å². The van der Waals surface area contributed by atoms with Gasteiger partial charge in [-0.2, -0.15) is 0 Å². The van der Waals surface area contributed by atoms with E-state index in [1.807, 2.05) is 53.7 Å². The molecule has 4 atom stereocenters. The molecular formula is C83H122N18O13. The Bertz CT molecular complexity index is 3840. The highest BCUT2D eigenvalue weighted by Gasteiger charge is 2.29. The van der Waals surface area contributed by atoms with E-state index in [9.17, 15) is 39.0 Å². The summed E-state index contributed by atoms with van der Waals surface area (Å²) in [6.45, 7) is 27.7.